The van der Waals surface area contributed by atoms with Crippen LogP contribution in [-0.2, 0) is 9.47 Å². The molecule has 6 heteroatoms. The molecule has 0 radical (unpaired) electrons. The number of carbonyl (C=O) groups excluding carboxylic acids is 2. The first-order valence-corrected chi connectivity index (χ1v) is 8.02. The van der Waals surface area contributed by atoms with E-state index in [0.717, 1.165) is 0 Å². The van der Waals surface area contributed by atoms with Crippen molar-refractivity contribution in [2.75, 3.05) is 13.2 Å². The molecule has 0 unspecified atom stereocenters. The summed E-state index contributed by atoms with van der Waals surface area (Å²) in [6, 6.07) is 5.55. The van der Waals surface area contributed by atoms with Crippen molar-refractivity contribution in [1.29, 1.82) is 0 Å². The molecule has 0 aliphatic heterocycles. The Bertz CT molecular complexity index is 758. The van der Waals surface area contributed by atoms with Gasteiger partial charge in [0, 0.05) is 5.56 Å². The molecular formula is C19H20FNO4. The largest absolute Gasteiger partial charge is 0.462 e. The Morgan fingerprint density at radius 3 is 1.76 bits per heavy atom. The van der Waals surface area contributed by atoms with Crippen molar-refractivity contribution in [3.05, 3.63) is 52.6 Å². The number of aryl methyl sites for hydroxylation is 2. The second kappa shape index (κ2) is 7.88. The molecule has 1 aromatic heterocycles. The van der Waals surface area contributed by atoms with E-state index in [1.807, 2.05) is 0 Å². The fraction of sp³-hybridized carbons (Fsp3) is 0.316. The van der Waals surface area contributed by atoms with Crippen molar-refractivity contribution < 1.29 is 23.5 Å². The summed E-state index contributed by atoms with van der Waals surface area (Å²) in [7, 11) is 0. The zero-order chi connectivity index (χ0) is 18.6. The molecular weight excluding hydrogens is 325 g/mol. The van der Waals surface area contributed by atoms with Gasteiger partial charge >= 0.3 is 11.9 Å². The summed E-state index contributed by atoms with van der Waals surface area (Å²) < 4.78 is 23.6. The van der Waals surface area contributed by atoms with Crippen LogP contribution in [0, 0.1) is 19.7 Å². The van der Waals surface area contributed by atoms with E-state index in [1.54, 1.807) is 27.7 Å². The molecule has 2 rings (SSSR count). The molecule has 2 aromatic rings. The highest BCUT2D eigenvalue weighted by Crippen LogP contribution is 2.32. The first kappa shape index (κ1) is 18.6. The molecule has 25 heavy (non-hydrogen) atoms. The van der Waals surface area contributed by atoms with E-state index in [1.165, 1.54) is 24.3 Å². The lowest BCUT2D eigenvalue weighted by atomic mass is 9.92. The van der Waals surface area contributed by atoms with Crippen LogP contribution in [0.3, 0.4) is 0 Å². The van der Waals surface area contributed by atoms with Crippen molar-refractivity contribution in [3.63, 3.8) is 0 Å². The summed E-state index contributed by atoms with van der Waals surface area (Å²) in [5.41, 5.74) is 2.10. The number of halogens is 1. The minimum atomic E-state index is -0.586. The number of rotatable bonds is 5. The Labute approximate surface area is 145 Å². The summed E-state index contributed by atoms with van der Waals surface area (Å²) in [5.74, 6) is -1.59. The van der Waals surface area contributed by atoms with Crippen molar-refractivity contribution in [1.82, 2.24) is 4.98 Å². The quantitative estimate of drug-likeness (QED) is 0.770. The molecule has 0 saturated heterocycles. The van der Waals surface area contributed by atoms with E-state index >= 15 is 0 Å². The van der Waals surface area contributed by atoms with E-state index in [4.69, 9.17) is 9.47 Å². The second-order valence-corrected chi connectivity index (χ2v) is 5.36. The van der Waals surface area contributed by atoms with Gasteiger partial charge in [-0.2, -0.15) is 0 Å². The van der Waals surface area contributed by atoms with Crippen LogP contribution in [0.5, 0.6) is 0 Å². The van der Waals surface area contributed by atoms with Crippen molar-refractivity contribution in [2.45, 2.75) is 27.7 Å². The van der Waals surface area contributed by atoms with Crippen LogP contribution in [0.25, 0.3) is 11.1 Å². The fourth-order valence-corrected chi connectivity index (χ4v) is 2.66. The average Bonchev–Trinajstić information content (AvgIpc) is 2.55. The monoisotopic (exact) mass is 345 g/mol. The van der Waals surface area contributed by atoms with Gasteiger partial charge in [0.1, 0.15) is 5.82 Å². The molecule has 0 aliphatic carbocycles. The van der Waals surface area contributed by atoms with Gasteiger partial charge in [-0.05, 0) is 45.4 Å². The number of hydrogen-bond donors (Lipinski definition) is 0. The molecule has 0 fully saturated rings. The van der Waals surface area contributed by atoms with Crippen molar-refractivity contribution in [3.8, 4) is 11.1 Å². The first-order chi connectivity index (χ1) is 11.9. The Kier molecular flexibility index (Phi) is 5.85. The molecule has 0 aliphatic rings. The Balaban J connectivity index is 2.82. The first-order valence-electron chi connectivity index (χ1n) is 8.02. The van der Waals surface area contributed by atoms with Crippen LogP contribution < -0.4 is 0 Å². The van der Waals surface area contributed by atoms with Gasteiger partial charge in [-0.3, -0.25) is 4.98 Å². The minimum absolute atomic E-state index is 0.183. The summed E-state index contributed by atoms with van der Waals surface area (Å²) >= 11 is 0. The number of aromatic nitrogens is 1. The molecule has 5 nitrogen and oxygen atoms in total. The molecule has 1 aromatic carbocycles. The summed E-state index contributed by atoms with van der Waals surface area (Å²) in [6.45, 7) is 7.09. The number of hydrogen-bond acceptors (Lipinski definition) is 5. The minimum Gasteiger partial charge on any atom is -0.462 e. The van der Waals surface area contributed by atoms with Crippen LogP contribution in [-0.4, -0.2) is 30.1 Å². The van der Waals surface area contributed by atoms with Crippen molar-refractivity contribution >= 4 is 11.9 Å². The number of carbonyl (C=O) groups is 2. The summed E-state index contributed by atoms with van der Waals surface area (Å²) in [6.07, 6.45) is 0. The fourth-order valence-electron chi connectivity index (χ4n) is 2.66. The van der Waals surface area contributed by atoms with E-state index in [0.29, 0.717) is 22.5 Å². The van der Waals surface area contributed by atoms with E-state index in [9.17, 15) is 14.0 Å². The Morgan fingerprint density at radius 1 is 0.920 bits per heavy atom. The topological polar surface area (TPSA) is 65.5 Å². The zero-order valence-electron chi connectivity index (χ0n) is 14.7. The molecule has 1 heterocycles. The molecule has 0 N–H and O–H groups in total. The van der Waals surface area contributed by atoms with Crippen molar-refractivity contribution in [2.24, 2.45) is 0 Å². The maximum Gasteiger partial charge on any atom is 0.340 e. The number of esters is 2. The number of benzene rings is 1. The SMILES string of the molecule is CCOC(=O)c1c(C)nc(C)c(C(=O)OCC)c1-c1ccc(F)cc1. The summed E-state index contributed by atoms with van der Waals surface area (Å²) in [5, 5.41) is 0. The zero-order valence-corrected chi connectivity index (χ0v) is 14.7. The maximum absolute atomic E-state index is 13.3. The highest BCUT2D eigenvalue weighted by atomic mass is 19.1. The predicted octanol–water partition coefficient (Wildman–Crippen LogP) is 3.86. The van der Waals surface area contributed by atoms with Crippen LogP contribution in [0.1, 0.15) is 46.0 Å². The lowest BCUT2D eigenvalue weighted by molar-refractivity contribution is 0.0525. The third kappa shape index (κ3) is 3.84. The third-order valence-corrected chi connectivity index (χ3v) is 3.65. The average molecular weight is 345 g/mol. The second-order valence-electron chi connectivity index (χ2n) is 5.36. The molecule has 0 atom stereocenters. The Morgan fingerprint density at radius 2 is 1.36 bits per heavy atom. The van der Waals surface area contributed by atoms with Crippen LogP contribution in [0.15, 0.2) is 24.3 Å². The van der Waals surface area contributed by atoms with E-state index in [-0.39, 0.29) is 24.3 Å². The van der Waals surface area contributed by atoms with Gasteiger partial charge < -0.3 is 9.47 Å². The van der Waals surface area contributed by atoms with Gasteiger partial charge in [0.2, 0.25) is 0 Å². The Hall–Kier alpha value is -2.76. The third-order valence-electron chi connectivity index (χ3n) is 3.65. The maximum atomic E-state index is 13.3. The molecule has 0 bridgehead atoms. The smallest absolute Gasteiger partial charge is 0.340 e. The van der Waals surface area contributed by atoms with Gasteiger partial charge in [0.25, 0.3) is 0 Å². The van der Waals surface area contributed by atoms with Gasteiger partial charge in [-0.25, -0.2) is 14.0 Å². The van der Waals surface area contributed by atoms with Crippen LogP contribution in [0.4, 0.5) is 4.39 Å². The molecule has 0 spiro atoms. The number of pyridine rings is 1. The normalized spacial score (nSPS) is 10.4. The molecule has 132 valence electrons. The van der Waals surface area contributed by atoms with Gasteiger partial charge in [0.05, 0.1) is 35.7 Å². The van der Waals surface area contributed by atoms with Crippen LogP contribution in [0.2, 0.25) is 0 Å². The number of nitrogens with zero attached hydrogens (tertiary/aromatic N) is 1. The van der Waals surface area contributed by atoms with E-state index in [2.05, 4.69) is 4.98 Å². The lowest BCUT2D eigenvalue weighted by Crippen LogP contribution is -2.17. The predicted molar refractivity (Wildman–Crippen MR) is 91.0 cm³/mol. The lowest BCUT2D eigenvalue weighted by Gasteiger charge is -2.17. The molecule has 0 saturated carbocycles. The highest BCUT2D eigenvalue weighted by Gasteiger charge is 2.27. The van der Waals surface area contributed by atoms with Gasteiger partial charge in [-0.1, -0.05) is 12.1 Å². The standard InChI is InChI=1S/C19H20FNO4/c1-5-24-18(22)15-11(3)21-12(4)16(19(23)25-6-2)17(15)13-7-9-14(20)10-8-13/h7-10H,5-6H2,1-4H3. The van der Waals surface area contributed by atoms with Crippen LogP contribution >= 0.6 is 0 Å². The molecule has 0 amide bonds. The van der Waals surface area contributed by atoms with E-state index < -0.39 is 17.8 Å². The van der Waals surface area contributed by atoms with Gasteiger partial charge in [0.15, 0.2) is 0 Å². The van der Waals surface area contributed by atoms with Gasteiger partial charge in [-0.15, -0.1) is 0 Å². The highest BCUT2D eigenvalue weighted by molar-refractivity contribution is 6.07. The number of ether oxygens (including phenoxy) is 2. The summed E-state index contributed by atoms with van der Waals surface area (Å²) in [4.78, 5) is 29.3.